The van der Waals surface area contributed by atoms with E-state index in [2.05, 4.69) is 0 Å². The van der Waals surface area contributed by atoms with E-state index in [4.69, 9.17) is 0 Å². The van der Waals surface area contributed by atoms with E-state index in [0.29, 0.717) is 0 Å². The Kier molecular flexibility index (Phi) is 2.40. The summed E-state index contributed by atoms with van der Waals surface area (Å²) in [5.41, 5.74) is 0.501. The quantitative estimate of drug-likeness (QED) is 0.571. The molecular weight excluding hydrogens is 152 g/mol. The van der Waals surface area contributed by atoms with E-state index in [0.717, 1.165) is 5.57 Å². The second kappa shape index (κ2) is 3.04. The van der Waals surface area contributed by atoms with Crippen LogP contribution in [0.25, 0.3) is 0 Å². The fourth-order valence-electron chi connectivity index (χ4n) is 1.19. The second-order valence-corrected chi connectivity index (χ2v) is 3.98. The number of allylic oxidation sites excluding steroid dienone is 2. The Hall–Kier alpha value is -0.600. The molecule has 0 fully saturated rings. The summed E-state index contributed by atoms with van der Waals surface area (Å²) in [4.78, 5) is 0. The van der Waals surface area contributed by atoms with Gasteiger partial charge in [0.25, 0.3) is 0 Å². The summed E-state index contributed by atoms with van der Waals surface area (Å²) >= 11 is 0. The first kappa shape index (κ1) is 9.49. The molecule has 2 nitrogen and oxygen atoms in total. The van der Waals surface area contributed by atoms with Crippen molar-refractivity contribution in [1.82, 2.24) is 0 Å². The summed E-state index contributed by atoms with van der Waals surface area (Å²) in [5.74, 6) is 0. The van der Waals surface area contributed by atoms with Crippen LogP contribution >= 0.6 is 0 Å². The maximum atomic E-state index is 9.68. The molecule has 0 radical (unpaired) electrons. The molecule has 0 spiro atoms. The Bertz CT molecular complexity index is 226. The third-order valence-corrected chi connectivity index (χ3v) is 2.49. The Morgan fingerprint density at radius 2 is 1.83 bits per heavy atom. The molecule has 0 aromatic heterocycles. The van der Waals surface area contributed by atoms with Crippen LogP contribution in [0, 0.1) is 5.41 Å². The number of hydrogen-bond donors (Lipinski definition) is 2. The van der Waals surface area contributed by atoms with E-state index in [1.54, 1.807) is 12.2 Å². The lowest BCUT2D eigenvalue weighted by molar-refractivity contribution is 0.000709. The average Bonchev–Trinajstić information content (AvgIpc) is 2.04. The summed E-state index contributed by atoms with van der Waals surface area (Å²) < 4.78 is 0. The predicted octanol–water partition coefficient (Wildman–Crippen LogP) is 1.25. The smallest absolute Gasteiger partial charge is 0.0805 e. The minimum Gasteiger partial charge on any atom is -0.388 e. The molecule has 12 heavy (non-hydrogen) atoms. The Labute approximate surface area is 73.2 Å². The molecule has 1 aliphatic carbocycles. The van der Waals surface area contributed by atoms with Gasteiger partial charge < -0.3 is 10.2 Å². The van der Waals surface area contributed by atoms with Crippen LogP contribution in [0.3, 0.4) is 0 Å². The van der Waals surface area contributed by atoms with Gasteiger partial charge in [0.1, 0.15) is 0 Å². The van der Waals surface area contributed by atoms with Gasteiger partial charge in [-0.3, -0.25) is 0 Å². The van der Waals surface area contributed by atoms with Gasteiger partial charge in [0.05, 0.1) is 12.2 Å². The molecule has 0 saturated heterocycles. The van der Waals surface area contributed by atoms with Gasteiger partial charge in [-0.1, -0.05) is 37.6 Å². The van der Waals surface area contributed by atoms with Crippen LogP contribution in [-0.2, 0) is 0 Å². The van der Waals surface area contributed by atoms with E-state index in [9.17, 15) is 10.2 Å². The van der Waals surface area contributed by atoms with Crippen LogP contribution in [-0.4, -0.2) is 22.4 Å². The molecular formula is C10H16O2. The van der Waals surface area contributed by atoms with Crippen molar-refractivity contribution in [3.8, 4) is 0 Å². The molecule has 2 heteroatoms. The van der Waals surface area contributed by atoms with Crippen LogP contribution in [0.4, 0.5) is 0 Å². The Morgan fingerprint density at radius 1 is 1.25 bits per heavy atom. The number of aliphatic hydroxyl groups is 2. The van der Waals surface area contributed by atoms with Crippen molar-refractivity contribution in [2.45, 2.75) is 33.0 Å². The largest absolute Gasteiger partial charge is 0.388 e. The standard InChI is InChI=1S/C10H16O2/c1-7-4-5-8(11)10(2,3)9(12)6-7/h4-6,8-9,11-12H,1-3H3/t8-,9-/m1/s1. The minimum absolute atomic E-state index is 0.492. The number of rotatable bonds is 0. The van der Waals surface area contributed by atoms with Gasteiger partial charge in [0, 0.05) is 5.41 Å². The van der Waals surface area contributed by atoms with Crippen molar-refractivity contribution >= 4 is 0 Å². The van der Waals surface area contributed by atoms with Gasteiger partial charge in [-0.2, -0.15) is 0 Å². The Balaban J connectivity index is 2.98. The monoisotopic (exact) mass is 168 g/mol. The highest BCUT2D eigenvalue weighted by molar-refractivity contribution is 5.24. The average molecular weight is 168 g/mol. The van der Waals surface area contributed by atoms with E-state index in [1.165, 1.54) is 0 Å². The first-order valence-corrected chi connectivity index (χ1v) is 4.17. The van der Waals surface area contributed by atoms with Gasteiger partial charge >= 0.3 is 0 Å². The molecule has 2 N–H and O–H groups in total. The third kappa shape index (κ3) is 1.59. The SMILES string of the molecule is CC1=C[C@@H](O)C(C)(C)[C@H](O)C=C1. The molecule has 0 unspecified atom stereocenters. The van der Waals surface area contributed by atoms with E-state index in [-0.39, 0.29) is 0 Å². The van der Waals surface area contributed by atoms with E-state index in [1.807, 2.05) is 26.8 Å². The molecule has 0 saturated carbocycles. The highest BCUT2D eigenvalue weighted by Gasteiger charge is 2.33. The van der Waals surface area contributed by atoms with Crippen molar-refractivity contribution in [2.24, 2.45) is 5.41 Å². The van der Waals surface area contributed by atoms with Gasteiger partial charge in [-0.05, 0) is 6.92 Å². The zero-order valence-corrected chi connectivity index (χ0v) is 7.78. The van der Waals surface area contributed by atoms with Crippen LogP contribution in [0.2, 0.25) is 0 Å². The first-order chi connectivity index (χ1) is 5.44. The normalized spacial score (nSPS) is 34.2. The highest BCUT2D eigenvalue weighted by Crippen LogP contribution is 2.30. The summed E-state index contributed by atoms with van der Waals surface area (Å²) in [6.45, 7) is 5.61. The van der Waals surface area contributed by atoms with Gasteiger partial charge in [0.2, 0.25) is 0 Å². The van der Waals surface area contributed by atoms with Crippen molar-refractivity contribution < 1.29 is 10.2 Å². The Morgan fingerprint density at radius 3 is 2.42 bits per heavy atom. The van der Waals surface area contributed by atoms with Gasteiger partial charge in [-0.15, -0.1) is 0 Å². The number of hydrogen-bond acceptors (Lipinski definition) is 2. The molecule has 0 bridgehead atoms. The second-order valence-electron chi connectivity index (χ2n) is 3.98. The maximum absolute atomic E-state index is 9.68. The maximum Gasteiger partial charge on any atom is 0.0805 e. The predicted molar refractivity (Wildman–Crippen MR) is 48.7 cm³/mol. The summed E-state index contributed by atoms with van der Waals surface area (Å²) in [7, 11) is 0. The zero-order valence-electron chi connectivity index (χ0n) is 7.78. The summed E-state index contributed by atoms with van der Waals surface area (Å²) in [6, 6.07) is 0. The first-order valence-electron chi connectivity index (χ1n) is 4.17. The lowest BCUT2D eigenvalue weighted by Gasteiger charge is -2.31. The molecule has 1 rings (SSSR count). The van der Waals surface area contributed by atoms with E-state index >= 15 is 0 Å². The number of aliphatic hydroxyl groups excluding tert-OH is 2. The molecule has 0 heterocycles. The molecule has 0 aliphatic heterocycles. The van der Waals surface area contributed by atoms with Gasteiger partial charge in [0.15, 0.2) is 0 Å². The third-order valence-electron chi connectivity index (χ3n) is 2.49. The minimum atomic E-state index is -0.582. The van der Waals surface area contributed by atoms with Crippen molar-refractivity contribution in [3.05, 3.63) is 23.8 Å². The summed E-state index contributed by atoms with van der Waals surface area (Å²) in [5, 5.41) is 19.3. The lowest BCUT2D eigenvalue weighted by Crippen LogP contribution is -2.37. The van der Waals surface area contributed by atoms with Crippen molar-refractivity contribution in [1.29, 1.82) is 0 Å². The van der Waals surface area contributed by atoms with Crippen LogP contribution < -0.4 is 0 Å². The highest BCUT2D eigenvalue weighted by atomic mass is 16.3. The van der Waals surface area contributed by atoms with Crippen molar-refractivity contribution in [3.63, 3.8) is 0 Å². The van der Waals surface area contributed by atoms with Crippen LogP contribution in [0.5, 0.6) is 0 Å². The van der Waals surface area contributed by atoms with E-state index < -0.39 is 17.6 Å². The molecule has 68 valence electrons. The fraction of sp³-hybridized carbons (Fsp3) is 0.600. The zero-order chi connectivity index (χ0) is 9.35. The molecule has 2 atom stereocenters. The van der Waals surface area contributed by atoms with Crippen LogP contribution in [0.15, 0.2) is 23.8 Å². The molecule has 0 amide bonds. The lowest BCUT2D eigenvalue weighted by atomic mass is 9.81. The van der Waals surface area contributed by atoms with Crippen molar-refractivity contribution in [2.75, 3.05) is 0 Å². The molecule has 1 aliphatic rings. The topological polar surface area (TPSA) is 40.5 Å². The fourth-order valence-corrected chi connectivity index (χ4v) is 1.19. The molecule has 0 aromatic carbocycles. The summed E-state index contributed by atoms with van der Waals surface area (Å²) in [6.07, 6.45) is 4.17. The van der Waals surface area contributed by atoms with Crippen LogP contribution in [0.1, 0.15) is 20.8 Å². The van der Waals surface area contributed by atoms with Gasteiger partial charge in [-0.25, -0.2) is 0 Å². The molecule has 0 aromatic rings.